The first-order valence-corrected chi connectivity index (χ1v) is 12.8. The molecule has 3 heterocycles. The van der Waals surface area contributed by atoms with E-state index in [2.05, 4.69) is 35.0 Å². The number of sulfone groups is 1. The average Bonchev–Trinajstić information content (AvgIpc) is 3.45. The molecule has 4 aromatic rings. The van der Waals surface area contributed by atoms with Crippen LogP contribution in [-0.4, -0.2) is 37.4 Å². The lowest BCUT2D eigenvalue weighted by Gasteiger charge is -2.30. The third kappa shape index (κ3) is 3.11. The maximum absolute atomic E-state index is 14.0. The van der Waals surface area contributed by atoms with Gasteiger partial charge in [-0.25, -0.2) is 8.42 Å². The molecule has 32 heavy (non-hydrogen) atoms. The van der Waals surface area contributed by atoms with Crippen LogP contribution in [0.3, 0.4) is 0 Å². The van der Waals surface area contributed by atoms with E-state index >= 15 is 0 Å². The lowest BCUT2D eigenvalue weighted by molar-refractivity contribution is 0.275. The normalized spacial score (nSPS) is 19.4. The average molecular weight is 443 g/mol. The zero-order valence-corrected chi connectivity index (χ0v) is 19.0. The number of hydrogen-bond donors (Lipinski definition) is 1. The first-order chi connectivity index (χ1) is 15.5. The van der Waals surface area contributed by atoms with Crippen molar-refractivity contribution in [3.8, 4) is 0 Å². The highest BCUT2D eigenvalue weighted by Gasteiger charge is 2.31. The van der Waals surface area contributed by atoms with Gasteiger partial charge in [-0.2, -0.15) is 0 Å². The standard InChI is InChI=1S/C27H26N2O2S/c1-18-6-4-8-19-15-26(32(30,31)27-16-21-7-2-3-10-25(21)28-27)24(17-23(18)19)20-11-13-29-12-5-9-22(29)14-20/h2-4,6-8,10-11,15-17,22,28H,5,9,12-14H2,1H3/t22-/m1/s1. The Bertz CT molecular complexity index is 1460. The molecule has 0 aliphatic carbocycles. The van der Waals surface area contributed by atoms with Crippen molar-refractivity contribution in [3.05, 3.63) is 77.9 Å². The minimum absolute atomic E-state index is 0.255. The number of benzene rings is 3. The van der Waals surface area contributed by atoms with Crippen LogP contribution in [0.2, 0.25) is 0 Å². The van der Waals surface area contributed by atoms with E-state index in [0.29, 0.717) is 10.9 Å². The van der Waals surface area contributed by atoms with E-state index < -0.39 is 9.84 Å². The van der Waals surface area contributed by atoms with Crippen LogP contribution in [0, 0.1) is 6.92 Å². The molecule has 6 rings (SSSR count). The highest BCUT2D eigenvalue weighted by Crippen LogP contribution is 2.39. The first kappa shape index (κ1) is 19.8. The fraction of sp³-hybridized carbons (Fsp3) is 0.259. The minimum Gasteiger partial charge on any atom is -0.345 e. The summed E-state index contributed by atoms with van der Waals surface area (Å²) >= 11 is 0. The zero-order valence-electron chi connectivity index (χ0n) is 18.1. The van der Waals surface area contributed by atoms with Crippen molar-refractivity contribution in [1.82, 2.24) is 9.88 Å². The van der Waals surface area contributed by atoms with Crippen LogP contribution < -0.4 is 0 Å². The van der Waals surface area contributed by atoms with E-state index in [-0.39, 0.29) is 5.03 Å². The lowest BCUT2D eigenvalue weighted by Crippen LogP contribution is -2.33. The summed E-state index contributed by atoms with van der Waals surface area (Å²) in [7, 11) is -3.72. The van der Waals surface area contributed by atoms with Gasteiger partial charge < -0.3 is 4.98 Å². The molecule has 0 bridgehead atoms. The summed E-state index contributed by atoms with van der Waals surface area (Å²) in [6.45, 7) is 4.13. The van der Waals surface area contributed by atoms with Crippen molar-refractivity contribution in [3.63, 3.8) is 0 Å². The summed E-state index contributed by atoms with van der Waals surface area (Å²) < 4.78 is 27.9. The van der Waals surface area contributed by atoms with Crippen molar-refractivity contribution in [1.29, 1.82) is 0 Å². The van der Waals surface area contributed by atoms with Crippen LogP contribution in [0.1, 0.15) is 30.4 Å². The summed E-state index contributed by atoms with van der Waals surface area (Å²) in [4.78, 5) is 6.06. The third-order valence-electron chi connectivity index (χ3n) is 7.16. The van der Waals surface area contributed by atoms with Crippen molar-refractivity contribution < 1.29 is 8.42 Å². The molecule has 1 aromatic heterocycles. The second kappa shape index (κ2) is 7.32. The van der Waals surface area contributed by atoms with Crippen LogP contribution in [0.25, 0.3) is 27.2 Å². The van der Waals surface area contributed by atoms with Crippen molar-refractivity contribution >= 4 is 37.1 Å². The van der Waals surface area contributed by atoms with E-state index in [1.54, 1.807) is 6.07 Å². The molecular formula is C27H26N2O2S. The maximum atomic E-state index is 14.0. The molecule has 0 spiro atoms. The van der Waals surface area contributed by atoms with Crippen LogP contribution >= 0.6 is 0 Å². The van der Waals surface area contributed by atoms with Gasteiger partial charge >= 0.3 is 0 Å². The van der Waals surface area contributed by atoms with Crippen LogP contribution in [0.5, 0.6) is 0 Å². The smallest absolute Gasteiger partial charge is 0.222 e. The molecule has 1 saturated heterocycles. The molecule has 2 aliphatic rings. The minimum atomic E-state index is -3.72. The molecule has 2 aliphatic heterocycles. The number of para-hydroxylation sites is 1. The lowest BCUT2D eigenvalue weighted by atomic mass is 9.92. The zero-order chi connectivity index (χ0) is 21.9. The second-order valence-corrected chi connectivity index (χ2v) is 11.0. The first-order valence-electron chi connectivity index (χ1n) is 11.3. The Morgan fingerprint density at radius 1 is 1.00 bits per heavy atom. The molecule has 4 nitrogen and oxygen atoms in total. The predicted octanol–water partition coefficient (Wildman–Crippen LogP) is 5.71. The molecule has 0 saturated carbocycles. The summed E-state index contributed by atoms with van der Waals surface area (Å²) in [5.41, 5.74) is 4.02. The molecule has 0 unspecified atom stereocenters. The van der Waals surface area contributed by atoms with E-state index in [0.717, 1.165) is 57.9 Å². The molecule has 0 radical (unpaired) electrons. The fourth-order valence-electron chi connectivity index (χ4n) is 5.40. The Kier molecular flexibility index (Phi) is 4.52. The summed E-state index contributed by atoms with van der Waals surface area (Å²) in [6.07, 6.45) is 5.56. The number of nitrogens with one attached hydrogen (secondary N) is 1. The predicted molar refractivity (Wildman–Crippen MR) is 130 cm³/mol. The largest absolute Gasteiger partial charge is 0.345 e. The number of H-pyrrole nitrogens is 1. The van der Waals surface area contributed by atoms with Gasteiger partial charge in [0.05, 0.1) is 4.90 Å². The van der Waals surface area contributed by atoms with E-state index in [1.807, 2.05) is 42.5 Å². The maximum Gasteiger partial charge on any atom is 0.222 e. The summed E-state index contributed by atoms with van der Waals surface area (Å²) in [5, 5.41) is 3.24. The van der Waals surface area contributed by atoms with Gasteiger partial charge in [-0.3, -0.25) is 4.90 Å². The van der Waals surface area contributed by atoms with Gasteiger partial charge in [0.15, 0.2) is 0 Å². The Hall–Kier alpha value is -2.89. The second-order valence-electron chi connectivity index (χ2n) is 9.09. The van der Waals surface area contributed by atoms with Gasteiger partial charge in [-0.05, 0) is 84.5 Å². The molecule has 1 fully saturated rings. The quantitative estimate of drug-likeness (QED) is 0.442. The molecular weight excluding hydrogens is 416 g/mol. The third-order valence-corrected chi connectivity index (χ3v) is 8.87. The Morgan fingerprint density at radius 2 is 1.84 bits per heavy atom. The van der Waals surface area contributed by atoms with Gasteiger partial charge in [-0.15, -0.1) is 0 Å². The number of hydrogen-bond acceptors (Lipinski definition) is 3. The highest BCUT2D eigenvalue weighted by molar-refractivity contribution is 7.91. The van der Waals surface area contributed by atoms with Gasteiger partial charge in [0.25, 0.3) is 0 Å². The molecule has 0 amide bonds. The number of nitrogens with zero attached hydrogens (tertiary/aromatic N) is 1. The molecule has 1 N–H and O–H groups in total. The SMILES string of the molecule is Cc1cccc2cc(S(=O)(=O)c3cc4ccccc4[nH]3)c(C3=CCN4CCC[C@@H]4C3)cc12. The number of fused-ring (bicyclic) bond motifs is 3. The Balaban J connectivity index is 1.57. The van der Waals surface area contributed by atoms with E-state index in [9.17, 15) is 8.42 Å². The molecule has 1 atom stereocenters. The molecule has 3 aromatic carbocycles. The van der Waals surface area contributed by atoms with Crippen LogP contribution in [0.15, 0.2) is 76.7 Å². The van der Waals surface area contributed by atoms with Gasteiger partial charge in [-0.1, -0.05) is 42.5 Å². The highest BCUT2D eigenvalue weighted by atomic mass is 32.2. The van der Waals surface area contributed by atoms with Gasteiger partial charge in [0, 0.05) is 23.5 Å². The van der Waals surface area contributed by atoms with E-state index in [4.69, 9.17) is 0 Å². The number of aromatic nitrogens is 1. The Morgan fingerprint density at radius 3 is 2.72 bits per heavy atom. The topological polar surface area (TPSA) is 53.2 Å². The van der Waals surface area contributed by atoms with Gasteiger partial charge in [0.1, 0.15) is 5.03 Å². The number of rotatable bonds is 3. The fourth-order valence-corrected chi connectivity index (χ4v) is 6.92. The van der Waals surface area contributed by atoms with Crippen LogP contribution in [-0.2, 0) is 9.84 Å². The molecule has 162 valence electrons. The molecule has 5 heteroatoms. The monoisotopic (exact) mass is 442 g/mol. The van der Waals surface area contributed by atoms with Crippen molar-refractivity contribution in [2.75, 3.05) is 13.1 Å². The van der Waals surface area contributed by atoms with Crippen LogP contribution in [0.4, 0.5) is 0 Å². The van der Waals surface area contributed by atoms with Crippen molar-refractivity contribution in [2.24, 2.45) is 0 Å². The number of aryl methyl sites for hydroxylation is 1. The summed E-state index contributed by atoms with van der Waals surface area (Å²) in [6, 6.07) is 20.0. The number of aromatic amines is 1. The van der Waals surface area contributed by atoms with Crippen molar-refractivity contribution in [2.45, 2.75) is 42.1 Å². The Labute approximate surface area is 188 Å². The van der Waals surface area contributed by atoms with Gasteiger partial charge in [0.2, 0.25) is 9.84 Å². The van der Waals surface area contributed by atoms with E-state index in [1.165, 1.54) is 12.8 Å². The summed E-state index contributed by atoms with van der Waals surface area (Å²) in [5.74, 6) is 0.